The van der Waals surface area contributed by atoms with Gasteiger partial charge in [-0.05, 0) is 0 Å². The second-order valence-electron chi connectivity index (χ2n) is 18.7. The van der Waals surface area contributed by atoms with Crippen LogP contribution in [-0.4, -0.2) is 322 Å². The first kappa shape index (κ1) is 58.5. The van der Waals surface area contributed by atoms with Gasteiger partial charge < -0.3 is 150 Å². The molecule has 0 aromatic heterocycles. The third kappa shape index (κ3) is 12.0. The number of aliphatic hydroxyl groups is 17. The van der Waals surface area contributed by atoms with Crippen LogP contribution in [0.2, 0.25) is 0 Å². The van der Waals surface area contributed by atoms with Crippen molar-refractivity contribution in [3.05, 3.63) is 0 Å². The van der Waals surface area contributed by atoms with Crippen LogP contribution in [0, 0.1) is 0 Å². The van der Waals surface area contributed by atoms with Gasteiger partial charge in [0.25, 0.3) is 0 Å². The quantitative estimate of drug-likeness (QED) is 0.0567. The van der Waals surface area contributed by atoms with E-state index in [1.54, 1.807) is 0 Å². The Labute approximate surface area is 413 Å². The lowest BCUT2D eigenvalue weighted by molar-refractivity contribution is -0.375. The Bertz CT molecular complexity index is 1820. The molecule has 33 heteroatoms. The summed E-state index contributed by atoms with van der Waals surface area (Å²) in [7, 11) is 0. The lowest BCUT2D eigenvalue weighted by Crippen LogP contribution is -2.69. The number of carbonyl (C=O) groups excluding carboxylic acids is 2. The Balaban J connectivity index is 1.06. The van der Waals surface area contributed by atoms with Crippen molar-refractivity contribution in [3.8, 4) is 0 Å². The van der Waals surface area contributed by atoms with Gasteiger partial charge in [-0.2, -0.15) is 0 Å². The number of ether oxygens (including phenoxy) is 11. The van der Waals surface area contributed by atoms with Crippen molar-refractivity contribution in [2.45, 2.75) is 198 Å². The maximum Gasteiger partial charge on any atom is 0.218 e. The van der Waals surface area contributed by atoms with E-state index in [4.69, 9.17) is 52.1 Å². The minimum absolute atomic E-state index is 0.571. The molecule has 73 heavy (non-hydrogen) atoms. The molecular weight excluding hydrogens is 1000 g/mol. The van der Waals surface area contributed by atoms with Crippen molar-refractivity contribution in [2.24, 2.45) is 0 Å². The van der Waals surface area contributed by atoms with Crippen LogP contribution in [0.3, 0.4) is 0 Å². The van der Waals surface area contributed by atoms with E-state index in [1.807, 2.05) is 0 Å². The maximum absolute atomic E-state index is 12.5. The van der Waals surface area contributed by atoms with E-state index in [0.29, 0.717) is 0 Å². The van der Waals surface area contributed by atoms with Crippen LogP contribution in [0.25, 0.3) is 0 Å². The highest BCUT2D eigenvalue weighted by atomic mass is 16.8. The van der Waals surface area contributed by atoms with E-state index in [0.717, 1.165) is 6.92 Å². The summed E-state index contributed by atoms with van der Waals surface area (Å²) in [4.78, 5) is 24.4. The van der Waals surface area contributed by atoms with Crippen molar-refractivity contribution in [1.29, 1.82) is 0 Å². The number of hydrogen-bond acceptors (Lipinski definition) is 31. The fourth-order valence-corrected chi connectivity index (χ4v) is 9.52. The zero-order valence-corrected chi connectivity index (χ0v) is 38.9. The molecule has 0 aliphatic carbocycles. The van der Waals surface area contributed by atoms with Gasteiger partial charge in [0.1, 0.15) is 147 Å². The van der Waals surface area contributed by atoms with Crippen molar-refractivity contribution < 1.29 is 149 Å². The van der Waals surface area contributed by atoms with Gasteiger partial charge in [-0.3, -0.25) is 14.9 Å². The second-order valence-corrected chi connectivity index (χ2v) is 18.7. The van der Waals surface area contributed by atoms with Gasteiger partial charge in [-0.25, -0.2) is 0 Å². The maximum atomic E-state index is 12.5. The van der Waals surface area contributed by atoms with Crippen molar-refractivity contribution in [1.82, 2.24) is 16.0 Å². The highest BCUT2D eigenvalue weighted by Crippen LogP contribution is 2.41. The van der Waals surface area contributed by atoms with Crippen LogP contribution in [0.15, 0.2) is 0 Å². The fraction of sp³-hybridized carbons (Fsp3) is 0.950. The second kappa shape index (κ2) is 24.2. The number of nitrogens with one attached hydrogen (secondary N) is 3. The molecule has 33 nitrogen and oxygen atoms in total. The fourth-order valence-electron chi connectivity index (χ4n) is 9.52. The molecule has 7 aliphatic rings. The summed E-state index contributed by atoms with van der Waals surface area (Å²) in [5.74, 6) is -1.34. The molecule has 0 unspecified atom stereocenters. The molecule has 422 valence electrons. The average Bonchev–Trinajstić information content (AvgIpc) is 4.07. The molecule has 7 fully saturated rings. The summed E-state index contributed by atoms with van der Waals surface area (Å²) >= 11 is 0. The number of rotatable bonds is 18. The summed E-state index contributed by atoms with van der Waals surface area (Å²) in [6, 6.07) is -1.63. The van der Waals surface area contributed by atoms with Gasteiger partial charge in [0, 0.05) is 13.8 Å². The SMILES string of the molecule is CC(=O)N[C@H]1[C@H](O[C@@H]2[C@@H](CO)O[C@@H]3N[C@@]3(NC(C)=O)[C@H]2O)O[C@H](CO)[C@@H](O[C@@H]2O[C@H](CO[C@H]3O[C@H](CO[C@H]4O[C@H](CO)[C@@H](O)[C@H](O)[C@@H]4O)[C@@H](O)[C@H](O[C@H]4O[C@H](CO)[C@@H](O)[C@H](O)[C@@H]4O)[C@@H]3O)[C@@H](O)[C@H](O)[C@@H]2O)[C@@H]1O. The molecule has 0 radical (unpaired) electrons. The number of hydrogen-bond donors (Lipinski definition) is 20. The van der Waals surface area contributed by atoms with E-state index in [1.165, 1.54) is 6.92 Å². The van der Waals surface area contributed by atoms with Gasteiger partial charge in [0.2, 0.25) is 11.8 Å². The van der Waals surface area contributed by atoms with Crippen LogP contribution in [0.1, 0.15) is 13.8 Å². The predicted molar refractivity (Wildman–Crippen MR) is 222 cm³/mol. The molecular formula is C40H67N3O30. The highest BCUT2D eigenvalue weighted by Gasteiger charge is 2.69. The standard InChI is InChI=1S/C40H67N3O30/c1-9(48)41-17-22(54)30(13(5-46)67-34(17)72-31-14(6-47)70-39-40(43-39,33(31)62)42-10(2)49)71-38-28(60)25(57)20(52)15(69-38)7-64-36-29(61)32(73-37-27(59)24(56)19(51)12(4-45)66-37)21(53)16(68-36)8-63-35-26(58)23(55)18(50)11(3-44)65-35/h11-39,43-47,50-62H,3-8H2,1-2H3,(H,41,48)(H,42,49)/t11-,12-,13-,14-,15-,16-,17-,18-,19-,20-,21-,22-,23+,24+,25+,26+,27+,28+,29+,30-,31-,32+,33+,34+,35+,36+,37-,38+,39+,40+/m1/s1. The molecule has 2 amide bonds. The van der Waals surface area contributed by atoms with Crippen molar-refractivity contribution >= 4 is 11.8 Å². The Hall–Kier alpha value is -2.22. The van der Waals surface area contributed by atoms with Crippen LogP contribution in [0.4, 0.5) is 0 Å². The Kier molecular flexibility index (Phi) is 19.4. The van der Waals surface area contributed by atoms with Crippen LogP contribution < -0.4 is 16.0 Å². The van der Waals surface area contributed by atoms with Crippen molar-refractivity contribution in [3.63, 3.8) is 0 Å². The third-order valence-electron chi connectivity index (χ3n) is 13.7. The number of carbonyl (C=O) groups is 2. The molecule has 0 aromatic rings. The molecule has 0 spiro atoms. The first-order valence-electron chi connectivity index (χ1n) is 23.3. The van der Waals surface area contributed by atoms with Gasteiger partial charge in [-0.15, -0.1) is 0 Å². The molecule has 0 saturated carbocycles. The number of aliphatic hydroxyl groups excluding tert-OH is 17. The average molecular weight is 1070 g/mol. The molecule has 0 aromatic carbocycles. The van der Waals surface area contributed by atoms with Crippen LogP contribution >= 0.6 is 0 Å². The van der Waals surface area contributed by atoms with Gasteiger partial charge in [0.15, 0.2) is 37.1 Å². The molecule has 7 heterocycles. The lowest BCUT2D eigenvalue weighted by atomic mass is 9.94. The summed E-state index contributed by atoms with van der Waals surface area (Å²) in [5.41, 5.74) is -1.56. The predicted octanol–water partition coefficient (Wildman–Crippen LogP) is -13.9. The normalized spacial score (nSPS) is 51.2. The topological polar surface area (TPSA) is 526 Å². The summed E-state index contributed by atoms with van der Waals surface area (Å²) in [5, 5.41) is 189. The molecule has 7 aliphatic heterocycles. The minimum atomic E-state index is -2.14. The first-order chi connectivity index (χ1) is 34.5. The van der Waals surface area contributed by atoms with Gasteiger partial charge in [-0.1, -0.05) is 0 Å². The van der Waals surface area contributed by atoms with E-state index >= 15 is 0 Å². The molecule has 20 N–H and O–H groups in total. The number of amides is 2. The first-order valence-corrected chi connectivity index (χ1v) is 23.3. The van der Waals surface area contributed by atoms with Crippen LogP contribution in [-0.2, 0) is 61.7 Å². The minimum Gasteiger partial charge on any atom is -0.394 e. The number of fused-ring (bicyclic) bond motifs is 1. The molecule has 7 saturated heterocycles. The third-order valence-corrected chi connectivity index (χ3v) is 13.7. The molecule has 0 bridgehead atoms. The highest BCUT2D eigenvalue weighted by molar-refractivity contribution is 5.74. The smallest absolute Gasteiger partial charge is 0.218 e. The van der Waals surface area contributed by atoms with Crippen molar-refractivity contribution in [2.75, 3.05) is 39.6 Å². The van der Waals surface area contributed by atoms with E-state index in [9.17, 15) is 96.4 Å². The molecule has 7 rings (SSSR count). The van der Waals surface area contributed by atoms with E-state index in [2.05, 4.69) is 16.0 Å². The van der Waals surface area contributed by atoms with E-state index < -0.39 is 235 Å². The summed E-state index contributed by atoms with van der Waals surface area (Å²) in [6.07, 6.45) is -50.7. The zero-order valence-electron chi connectivity index (χ0n) is 38.9. The summed E-state index contributed by atoms with van der Waals surface area (Å²) < 4.78 is 62.8. The Morgan fingerprint density at radius 3 is 1.37 bits per heavy atom. The van der Waals surface area contributed by atoms with Crippen LogP contribution in [0.5, 0.6) is 0 Å². The lowest BCUT2D eigenvalue weighted by Gasteiger charge is -2.49. The zero-order chi connectivity index (χ0) is 53.5. The Morgan fingerprint density at radius 2 is 0.849 bits per heavy atom. The molecule has 30 atom stereocenters. The van der Waals surface area contributed by atoms with Gasteiger partial charge in [0.05, 0.1) is 39.6 Å². The summed E-state index contributed by atoms with van der Waals surface area (Å²) in [6.45, 7) is -2.95. The van der Waals surface area contributed by atoms with E-state index in [-0.39, 0.29) is 0 Å². The Morgan fingerprint density at radius 1 is 0.438 bits per heavy atom. The van der Waals surface area contributed by atoms with Gasteiger partial charge >= 0.3 is 0 Å². The monoisotopic (exact) mass is 1070 g/mol. The largest absolute Gasteiger partial charge is 0.394 e.